The van der Waals surface area contributed by atoms with Crippen molar-refractivity contribution in [1.29, 1.82) is 0 Å². The number of hydrogen-bond donors (Lipinski definition) is 0. The van der Waals surface area contributed by atoms with Crippen LogP contribution in [0.1, 0.15) is 6.92 Å². The first-order chi connectivity index (χ1) is 6.09. The normalized spacial score (nSPS) is 10.3. The fraction of sp³-hybridized carbons (Fsp3) is 1.00. The predicted octanol–water partition coefficient (Wildman–Crippen LogP) is -0.123. The van der Waals surface area contributed by atoms with Crippen LogP contribution in [0.5, 0.6) is 0 Å². The van der Waals surface area contributed by atoms with Crippen LogP contribution in [0.4, 0.5) is 0 Å². The summed E-state index contributed by atoms with van der Waals surface area (Å²) in [6.45, 7) is 1.35. The van der Waals surface area contributed by atoms with Crippen LogP contribution in [-0.4, -0.2) is 36.0 Å². The van der Waals surface area contributed by atoms with Crippen molar-refractivity contribution in [2.75, 3.05) is 20.0 Å². The largest absolute Gasteiger partial charge is 0.473 e. The van der Waals surface area contributed by atoms with Crippen LogP contribution < -0.4 is 0 Å². The second-order valence-electron chi connectivity index (χ2n) is 2.03. The zero-order valence-electron chi connectivity index (χ0n) is 7.04. The highest BCUT2D eigenvalue weighted by molar-refractivity contribution is 4.36. The van der Waals surface area contributed by atoms with Crippen LogP contribution in [0.2, 0.25) is 0 Å². The SMILES string of the molecule is CCOCOCC([N+](=O)[O-])[N+](=O)[O-]. The highest BCUT2D eigenvalue weighted by Crippen LogP contribution is 1.92. The van der Waals surface area contributed by atoms with E-state index in [1.54, 1.807) is 6.92 Å². The van der Waals surface area contributed by atoms with Crippen molar-refractivity contribution in [2.45, 2.75) is 13.1 Å². The number of nitro groups is 2. The quantitative estimate of drug-likeness (QED) is 0.242. The van der Waals surface area contributed by atoms with Gasteiger partial charge in [0.1, 0.15) is 6.79 Å². The second-order valence-corrected chi connectivity index (χ2v) is 2.03. The Labute approximate surface area is 73.7 Å². The van der Waals surface area contributed by atoms with Crippen molar-refractivity contribution in [3.63, 3.8) is 0 Å². The number of nitrogens with zero attached hydrogens (tertiary/aromatic N) is 2. The minimum Gasteiger partial charge on any atom is -0.356 e. The highest BCUT2D eigenvalue weighted by atomic mass is 16.7. The average molecular weight is 194 g/mol. The molecule has 0 heterocycles. The lowest BCUT2D eigenvalue weighted by Crippen LogP contribution is -2.33. The van der Waals surface area contributed by atoms with Crippen LogP contribution in [-0.2, 0) is 9.47 Å². The molecule has 8 heteroatoms. The molecule has 76 valence electrons. The molecule has 0 spiro atoms. The van der Waals surface area contributed by atoms with Gasteiger partial charge in [-0.2, -0.15) is 0 Å². The lowest BCUT2D eigenvalue weighted by atomic mass is 10.6. The first-order valence-electron chi connectivity index (χ1n) is 3.52. The molecule has 0 fully saturated rings. The lowest BCUT2D eigenvalue weighted by molar-refractivity contribution is -0.744. The Morgan fingerprint density at radius 1 is 1.23 bits per heavy atom. The standard InChI is InChI=1S/C5H10N2O6/c1-2-12-4-13-3-5(6(8)9)7(10)11/h5H,2-4H2,1H3. The monoisotopic (exact) mass is 194 g/mol. The van der Waals surface area contributed by atoms with E-state index in [1.165, 1.54) is 0 Å². The van der Waals surface area contributed by atoms with Crippen LogP contribution >= 0.6 is 0 Å². The van der Waals surface area contributed by atoms with Crippen molar-refractivity contribution < 1.29 is 19.3 Å². The fourth-order valence-electron chi connectivity index (χ4n) is 0.494. The van der Waals surface area contributed by atoms with Gasteiger partial charge in [0, 0.05) is 6.61 Å². The molecule has 0 bridgehead atoms. The Balaban J connectivity index is 3.71. The van der Waals surface area contributed by atoms with E-state index < -0.39 is 22.6 Å². The minimum atomic E-state index is -1.92. The van der Waals surface area contributed by atoms with Crippen molar-refractivity contribution in [2.24, 2.45) is 0 Å². The van der Waals surface area contributed by atoms with Crippen LogP contribution in [0.15, 0.2) is 0 Å². The summed E-state index contributed by atoms with van der Waals surface area (Å²) in [5, 5.41) is 20.1. The lowest BCUT2D eigenvalue weighted by Gasteiger charge is -2.03. The van der Waals surface area contributed by atoms with Gasteiger partial charge in [-0.25, -0.2) is 0 Å². The average Bonchev–Trinajstić information content (AvgIpc) is 2.02. The maximum Gasteiger partial charge on any atom is 0.473 e. The zero-order chi connectivity index (χ0) is 10.3. The van der Waals surface area contributed by atoms with E-state index >= 15 is 0 Å². The molecule has 0 aliphatic heterocycles. The van der Waals surface area contributed by atoms with Gasteiger partial charge in [-0.05, 0) is 6.92 Å². The fourth-order valence-corrected chi connectivity index (χ4v) is 0.494. The molecule has 0 unspecified atom stereocenters. The van der Waals surface area contributed by atoms with Gasteiger partial charge in [0.15, 0.2) is 6.61 Å². The highest BCUT2D eigenvalue weighted by Gasteiger charge is 2.32. The van der Waals surface area contributed by atoms with E-state index in [1.807, 2.05) is 0 Å². The summed E-state index contributed by atoms with van der Waals surface area (Å²) >= 11 is 0. The van der Waals surface area contributed by atoms with Gasteiger partial charge in [-0.3, -0.25) is 20.2 Å². The van der Waals surface area contributed by atoms with E-state index in [0.717, 1.165) is 0 Å². The van der Waals surface area contributed by atoms with Gasteiger partial charge < -0.3 is 9.47 Å². The third-order valence-corrected chi connectivity index (χ3v) is 1.12. The molecule has 0 rings (SSSR count). The predicted molar refractivity (Wildman–Crippen MR) is 40.2 cm³/mol. The summed E-state index contributed by atoms with van der Waals surface area (Å²) in [6, 6.07) is 0. The summed E-state index contributed by atoms with van der Waals surface area (Å²) in [5.74, 6) is 0. The molecule has 0 aliphatic carbocycles. The van der Waals surface area contributed by atoms with Crippen molar-refractivity contribution in [1.82, 2.24) is 0 Å². The smallest absolute Gasteiger partial charge is 0.356 e. The topological polar surface area (TPSA) is 105 Å². The van der Waals surface area contributed by atoms with E-state index in [0.29, 0.717) is 6.61 Å². The molecule has 0 amide bonds. The van der Waals surface area contributed by atoms with E-state index in [2.05, 4.69) is 9.47 Å². The Bertz CT molecular complexity index is 170. The van der Waals surface area contributed by atoms with Crippen molar-refractivity contribution in [3.8, 4) is 0 Å². The summed E-state index contributed by atoms with van der Waals surface area (Å²) in [5.41, 5.74) is 0. The Morgan fingerprint density at radius 2 is 1.77 bits per heavy atom. The molecule has 0 aromatic carbocycles. The molecule has 0 N–H and O–H groups in total. The Hall–Kier alpha value is -1.28. The summed E-state index contributed by atoms with van der Waals surface area (Å²) in [6.07, 6.45) is -1.92. The van der Waals surface area contributed by atoms with Crippen molar-refractivity contribution >= 4 is 0 Å². The molecule has 0 radical (unpaired) electrons. The van der Waals surface area contributed by atoms with Crippen LogP contribution in [0.3, 0.4) is 0 Å². The van der Waals surface area contributed by atoms with Gasteiger partial charge in [0.2, 0.25) is 0 Å². The molecule has 13 heavy (non-hydrogen) atoms. The maximum atomic E-state index is 10.0. The number of rotatable bonds is 7. The first kappa shape index (κ1) is 11.7. The van der Waals surface area contributed by atoms with Gasteiger partial charge >= 0.3 is 6.17 Å². The summed E-state index contributed by atoms with van der Waals surface area (Å²) < 4.78 is 9.23. The summed E-state index contributed by atoms with van der Waals surface area (Å²) in [7, 11) is 0. The van der Waals surface area contributed by atoms with Gasteiger partial charge in [0.05, 0.1) is 9.85 Å². The maximum absolute atomic E-state index is 10.0. The van der Waals surface area contributed by atoms with Gasteiger partial charge in [-0.1, -0.05) is 0 Å². The number of ether oxygens (including phenoxy) is 2. The Kier molecular flexibility index (Phi) is 5.64. The van der Waals surface area contributed by atoms with Gasteiger partial charge in [-0.15, -0.1) is 0 Å². The van der Waals surface area contributed by atoms with E-state index in [9.17, 15) is 20.2 Å². The molecule has 0 saturated heterocycles. The zero-order valence-corrected chi connectivity index (χ0v) is 7.04. The summed E-state index contributed by atoms with van der Waals surface area (Å²) in [4.78, 5) is 18.1. The van der Waals surface area contributed by atoms with Gasteiger partial charge in [0.25, 0.3) is 0 Å². The molecule has 0 saturated carbocycles. The third kappa shape index (κ3) is 5.04. The van der Waals surface area contributed by atoms with Crippen LogP contribution in [0, 0.1) is 20.2 Å². The molecule has 8 nitrogen and oxygen atoms in total. The molecular formula is C5H10N2O6. The molecule has 0 aromatic heterocycles. The minimum absolute atomic E-state index is 0.172. The molecular weight excluding hydrogens is 184 g/mol. The Morgan fingerprint density at radius 3 is 2.15 bits per heavy atom. The molecule has 0 atom stereocenters. The first-order valence-corrected chi connectivity index (χ1v) is 3.52. The number of hydrogen-bond acceptors (Lipinski definition) is 6. The second kappa shape index (κ2) is 6.26. The van der Waals surface area contributed by atoms with Crippen LogP contribution in [0.25, 0.3) is 0 Å². The molecule has 0 aromatic rings. The molecule has 0 aliphatic rings. The van der Waals surface area contributed by atoms with E-state index in [-0.39, 0.29) is 6.79 Å². The third-order valence-electron chi connectivity index (χ3n) is 1.12. The van der Waals surface area contributed by atoms with E-state index in [4.69, 9.17) is 0 Å². The van der Waals surface area contributed by atoms with Crippen molar-refractivity contribution in [3.05, 3.63) is 20.2 Å².